The van der Waals surface area contributed by atoms with E-state index < -0.39 is 5.60 Å². The summed E-state index contributed by atoms with van der Waals surface area (Å²) in [7, 11) is 0. The highest BCUT2D eigenvalue weighted by molar-refractivity contribution is 9.10. The van der Waals surface area contributed by atoms with E-state index in [2.05, 4.69) is 20.9 Å². The monoisotopic (exact) mass is 324 g/mol. The van der Waals surface area contributed by atoms with Crippen molar-refractivity contribution in [3.05, 3.63) is 28.0 Å². The summed E-state index contributed by atoms with van der Waals surface area (Å²) in [5.41, 5.74) is 0.762. The van der Waals surface area contributed by atoms with E-state index in [1.807, 2.05) is 11.0 Å². The van der Waals surface area contributed by atoms with E-state index in [1.54, 1.807) is 20.0 Å². The Labute approximate surface area is 121 Å². The molecule has 1 amide bonds. The molecule has 0 saturated heterocycles. The first-order chi connectivity index (χ1) is 8.89. The Morgan fingerprint density at radius 1 is 1.53 bits per heavy atom. The molecule has 1 saturated carbocycles. The zero-order valence-electron chi connectivity index (χ0n) is 11.1. The Hall–Kier alpha value is -0.940. The average Bonchev–Trinajstić information content (AvgIpc) is 3.04. The van der Waals surface area contributed by atoms with Crippen molar-refractivity contribution in [2.24, 2.45) is 5.92 Å². The van der Waals surface area contributed by atoms with Crippen molar-refractivity contribution in [2.45, 2.75) is 44.9 Å². The van der Waals surface area contributed by atoms with Gasteiger partial charge >= 0.3 is 0 Å². The minimum Gasteiger partial charge on any atom is -0.388 e. The molecule has 1 aromatic heterocycles. The van der Waals surface area contributed by atoms with Crippen molar-refractivity contribution in [3.63, 3.8) is 0 Å². The maximum Gasteiger partial charge on any atom is 0.257 e. The van der Waals surface area contributed by atoms with Crippen molar-refractivity contribution < 1.29 is 9.90 Å². The number of aromatic nitrogens is 1. The quantitative estimate of drug-likeness (QED) is 0.868. The smallest absolute Gasteiger partial charge is 0.257 e. The number of aliphatic hydroxyl groups is 1. The van der Waals surface area contributed by atoms with Gasteiger partial charge in [-0.05, 0) is 60.2 Å². The first kappa shape index (κ1) is 13.1. The highest BCUT2D eigenvalue weighted by Gasteiger charge is 2.48. The highest BCUT2D eigenvalue weighted by atomic mass is 79.9. The second kappa shape index (κ2) is 4.28. The zero-order chi connectivity index (χ0) is 13.8. The molecular weight excluding hydrogens is 308 g/mol. The second-order valence-electron chi connectivity index (χ2n) is 6.00. The number of carbonyl (C=O) groups is 1. The van der Waals surface area contributed by atoms with Crippen LogP contribution >= 0.6 is 15.9 Å². The number of nitrogens with zero attached hydrogens (tertiary/aromatic N) is 2. The third-order valence-corrected chi connectivity index (χ3v) is 4.54. The first-order valence-corrected chi connectivity index (χ1v) is 7.35. The number of hydrogen-bond donors (Lipinski definition) is 1. The molecule has 1 fully saturated rings. The fourth-order valence-electron chi connectivity index (χ4n) is 3.08. The average molecular weight is 325 g/mol. The fraction of sp³-hybridized carbons (Fsp3) is 0.571. The Bertz CT molecular complexity index is 535. The molecule has 19 heavy (non-hydrogen) atoms. The molecule has 1 atom stereocenters. The van der Waals surface area contributed by atoms with Crippen LogP contribution in [0.5, 0.6) is 0 Å². The van der Waals surface area contributed by atoms with Gasteiger partial charge in [0.2, 0.25) is 0 Å². The maximum absolute atomic E-state index is 12.6. The molecule has 102 valence electrons. The SMILES string of the molecule is CC(C)(O)[C@@H](C1CC1)N1Cc2ccnc(Br)c2C1=O. The lowest BCUT2D eigenvalue weighted by Gasteiger charge is -2.37. The zero-order valence-corrected chi connectivity index (χ0v) is 12.6. The van der Waals surface area contributed by atoms with E-state index in [-0.39, 0.29) is 11.9 Å². The molecule has 0 unspecified atom stereocenters. The Kier molecular flexibility index (Phi) is 2.94. The van der Waals surface area contributed by atoms with Gasteiger partial charge in [-0.2, -0.15) is 0 Å². The predicted octanol–water partition coefficient (Wildman–Crippen LogP) is 2.35. The van der Waals surface area contributed by atoms with Crippen LogP contribution in [0.2, 0.25) is 0 Å². The van der Waals surface area contributed by atoms with Crippen LogP contribution in [0.1, 0.15) is 42.6 Å². The van der Waals surface area contributed by atoms with Gasteiger partial charge in [-0.25, -0.2) is 4.98 Å². The molecule has 0 bridgehead atoms. The maximum atomic E-state index is 12.6. The van der Waals surface area contributed by atoms with Gasteiger partial charge in [0, 0.05) is 12.7 Å². The third-order valence-electron chi connectivity index (χ3n) is 3.93. The molecule has 4 nitrogen and oxygen atoms in total. The van der Waals surface area contributed by atoms with Crippen LogP contribution in [0, 0.1) is 5.92 Å². The van der Waals surface area contributed by atoms with Gasteiger partial charge in [0.15, 0.2) is 0 Å². The fourth-order valence-corrected chi connectivity index (χ4v) is 3.62. The minimum atomic E-state index is -0.876. The molecule has 0 spiro atoms. The van der Waals surface area contributed by atoms with Gasteiger partial charge in [-0.15, -0.1) is 0 Å². The van der Waals surface area contributed by atoms with Crippen LogP contribution in [-0.4, -0.2) is 32.5 Å². The van der Waals surface area contributed by atoms with E-state index in [9.17, 15) is 9.90 Å². The number of rotatable bonds is 3. The van der Waals surface area contributed by atoms with E-state index in [0.717, 1.165) is 18.4 Å². The summed E-state index contributed by atoms with van der Waals surface area (Å²) >= 11 is 3.35. The molecule has 5 heteroatoms. The van der Waals surface area contributed by atoms with Crippen molar-refractivity contribution in [1.29, 1.82) is 0 Å². The van der Waals surface area contributed by atoms with Crippen molar-refractivity contribution in [3.8, 4) is 0 Å². The summed E-state index contributed by atoms with van der Waals surface area (Å²) in [6.07, 6.45) is 3.89. The Morgan fingerprint density at radius 2 is 2.21 bits per heavy atom. The van der Waals surface area contributed by atoms with Gasteiger partial charge in [0.1, 0.15) is 4.60 Å². The van der Waals surface area contributed by atoms with Crippen LogP contribution < -0.4 is 0 Å². The van der Waals surface area contributed by atoms with Gasteiger partial charge in [-0.3, -0.25) is 4.79 Å². The molecule has 1 aromatic rings. The number of pyridine rings is 1. The van der Waals surface area contributed by atoms with Gasteiger partial charge in [0.25, 0.3) is 5.91 Å². The van der Waals surface area contributed by atoms with Crippen LogP contribution in [0.4, 0.5) is 0 Å². The Morgan fingerprint density at radius 3 is 2.74 bits per heavy atom. The molecule has 0 radical (unpaired) electrons. The van der Waals surface area contributed by atoms with E-state index in [4.69, 9.17) is 0 Å². The number of halogens is 1. The number of hydrogen-bond acceptors (Lipinski definition) is 3. The van der Waals surface area contributed by atoms with Crippen LogP contribution in [-0.2, 0) is 6.54 Å². The van der Waals surface area contributed by atoms with E-state index >= 15 is 0 Å². The van der Waals surface area contributed by atoms with Gasteiger partial charge < -0.3 is 10.0 Å². The standard InChI is InChI=1S/C14H17BrN2O2/c1-14(2,19)11(8-3-4-8)17-7-9-5-6-16-12(15)10(9)13(17)18/h5-6,8,11,19H,3-4,7H2,1-2H3/t11-/m1/s1. The summed E-state index contributed by atoms with van der Waals surface area (Å²) in [5.74, 6) is 0.402. The summed E-state index contributed by atoms with van der Waals surface area (Å²) in [6, 6.07) is 1.77. The summed E-state index contributed by atoms with van der Waals surface area (Å²) in [6.45, 7) is 4.15. The molecule has 3 rings (SSSR count). The molecular formula is C14H17BrN2O2. The Balaban J connectivity index is 1.97. The number of fused-ring (bicyclic) bond motifs is 1. The lowest BCUT2D eigenvalue weighted by molar-refractivity contribution is -0.0224. The molecule has 0 aromatic carbocycles. The van der Waals surface area contributed by atoms with Gasteiger partial charge in [-0.1, -0.05) is 0 Å². The lowest BCUT2D eigenvalue weighted by Crippen LogP contribution is -2.51. The largest absolute Gasteiger partial charge is 0.388 e. The molecule has 2 heterocycles. The van der Waals surface area contributed by atoms with Crippen LogP contribution in [0.25, 0.3) is 0 Å². The number of amides is 1. The highest BCUT2D eigenvalue weighted by Crippen LogP contribution is 2.43. The summed E-state index contributed by atoms with van der Waals surface area (Å²) in [4.78, 5) is 18.5. The topological polar surface area (TPSA) is 53.4 Å². The van der Waals surface area contributed by atoms with Crippen LogP contribution in [0.15, 0.2) is 16.9 Å². The van der Waals surface area contributed by atoms with E-state index in [0.29, 0.717) is 22.6 Å². The molecule has 2 aliphatic rings. The summed E-state index contributed by atoms with van der Waals surface area (Å²) < 4.78 is 0.600. The van der Waals surface area contributed by atoms with Crippen molar-refractivity contribution >= 4 is 21.8 Å². The van der Waals surface area contributed by atoms with Crippen molar-refractivity contribution in [2.75, 3.05) is 0 Å². The third kappa shape index (κ3) is 2.19. The minimum absolute atomic E-state index is 0.0194. The normalized spacial score (nSPS) is 20.6. The first-order valence-electron chi connectivity index (χ1n) is 6.56. The summed E-state index contributed by atoms with van der Waals surface area (Å²) in [5, 5.41) is 10.4. The van der Waals surface area contributed by atoms with Gasteiger partial charge in [0.05, 0.1) is 17.2 Å². The molecule has 1 aliphatic carbocycles. The predicted molar refractivity (Wildman–Crippen MR) is 74.6 cm³/mol. The second-order valence-corrected chi connectivity index (χ2v) is 6.76. The number of carbonyl (C=O) groups excluding carboxylic acids is 1. The lowest BCUT2D eigenvalue weighted by atomic mass is 9.93. The molecule has 1 N–H and O–H groups in total. The van der Waals surface area contributed by atoms with Crippen LogP contribution in [0.3, 0.4) is 0 Å². The van der Waals surface area contributed by atoms with E-state index in [1.165, 1.54) is 0 Å². The van der Waals surface area contributed by atoms with Crippen molar-refractivity contribution in [1.82, 2.24) is 9.88 Å². The molecule has 1 aliphatic heterocycles.